The minimum Gasteiger partial charge on any atom is -0.454 e. The van der Waals surface area contributed by atoms with Gasteiger partial charge in [-0.1, -0.05) is 11.6 Å². The van der Waals surface area contributed by atoms with Crippen LogP contribution in [0.5, 0.6) is 0 Å². The number of thiophene rings is 1. The van der Waals surface area contributed by atoms with E-state index in [0.717, 1.165) is 43.0 Å². The van der Waals surface area contributed by atoms with Gasteiger partial charge in [-0.25, -0.2) is 0 Å². The number of rotatable bonds is 5. The van der Waals surface area contributed by atoms with E-state index >= 15 is 0 Å². The number of nitrogens with one attached hydrogen (secondary N) is 1. The fraction of sp³-hybridized carbons (Fsp3) is 0.412. The number of halogens is 2. The van der Waals surface area contributed by atoms with E-state index in [4.69, 9.17) is 21.8 Å². The number of nitrogens with two attached hydrogens (primary N) is 1. The minimum atomic E-state index is -0.566. The molecule has 27 heavy (non-hydrogen) atoms. The Labute approximate surface area is 184 Å². The first-order chi connectivity index (χ1) is 12.5. The quantitative estimate of drug-likeness (QED) is 0.357. The number of hydrogen-bond acceptors (Lipinski definition) is 5. The van der Waals surface area contributed by atoms with Crippen LogP contribution in [0.1, 0.15) is 21.2 Å². The number of aliphatic imine (C=N–C) groups is 1. The van der Waals surface area contributed by atoms with Crippen LogP contribution in [0.2, 0.25) is 4.34 Å². The van der Waals surface area contributed by atoms with Gasteiger partial charge in [-0.05, 0) is 24.3 Å². The van der Waals surface area contributed by atoms with Gasteiger partial charge in [0, 0.05) is 44.6 Å². The van der Waals surface area contributed by atoms with Gasteiger partial charge in [0.15, 0.2) is 11.7 Å². The third kappa shape index (κ3) is 6.09. The van der Waals surface area contributed by atoms with E-state index in [9.17, 15) is 4.79 Å². The topological polar surface area (TPSA) is 87.1 Å². The second-order valence-corrected chi connectivity index (χ2v) is 7.80. The number of amides is 1. The summed E-state index contributed by atoms with van der Waals surface area (Å²) in [6.45, 7) is 5.09. The highest BCUT2D eigenvalue weighted by molar-refractivity contribution is 14.0. The van der Waals surface area contributed by atoms with Crippen molar-refractivity contribution in [3.63, 3.8) is 0 Å². The van der Waals surface area contributed by atoms with Crippen LogP contribution in [-0.2, 0) is 13.1 Å². The second-order valence-electron chi connectivity index (χ2n) is 6.00. The molecule has 7 nitrogen and oxygen atoms in total. The Morgan fingerprint density at radius 2 is 2.04 bits per heavy atom. The molecular formula is C17H23ClIN5O2S. The lowest BCUT2D eigenvalue weighted by Gasteiger charge is -2.36. The number of carbonyl (C=O) groups excluding carboxylic acids is 1. The molecule has 1 fully saturated rings. The van der Waals surface area contributed by atoms with Crippen LogP contribution in [0, 0.1) is 0 Å². The summed E-state index contributed by atoms with van der Waals surface area (Å²) < 4.78 is 6.22. The summed E-state index contributed by atoms with van der Waals surface area (Å²) in [5.74, 6) is 1.07. The molecule has 1 saturated heterocycles. The maximum Gasteiger partial charge on any atom is 0.284 e. The zero-order chi connectivity index (χ0) is 18.5. The number of primary amides is 1. The van der Waals surface area contributed by atoms with Crippen molar-refractivity contribution >= 4 is 58.8 Å². The molecule has 10 heteroatoms. The molecule has 1 amide bonds. The SMILES string of the molecule is CN=C(NCc1ccc(C(N)=O)o1)N1CCN(Cc2ccc(Cl)s2)CC1.I. The maximum atomic E-state index is 11.1. The molecule has 3 rings (SSSR count). The Morgan fingerprint density at radius 1 is 1.30 bits per heavy atom. The van der Waals surface area contributed by atoms with E-state index in [-0.39, 0.29) is 29.7 Å². The van der Waals surface area contributed by atoms with Crippen molar-refractivity contribution in [1.29, 1.82) is 0 Å². The highest BCUT2D eigenvalue weighted by atomic mass is 127. The third-order valence-electron chi connectivity index (χ3n) is 4.22. The van der Waals surface area contributed by atoms with Crippen LogP contribution in [0.25, 0.3) is 0 Å². The number of hydrogen-bond donors (Lipinski definition) is 2. The molecule has 0 atom stereocenters. The van der Waals surface area contributed by atoms with Gasteiger partial charge < -0.3 is 20.4 Å². The molecule has 0 bridgehead atoms. The molecule has 1 aliphatic rings. The molecule has 0 aliphatic carbocycles. The van der Waals surface area contributed by atoms with E-state index in [2.05, 4.69) is 26.2 Å². The lowest BCUT2D eigenvalue weighted by atomic mass is 10.3. The lowest BCUT2D eigenvalue weighted by molar-refractivity contribution is 0.0972. The highest BCUT2D eigenvalue weighted by Gasteiger charge is 2.20. The fourth-order valence-electron chi connectivity index (χ4n) is 2.88. The van der Waals surface area contributed by atoms with Crippen LogP contribution in [0.15, 0.2) is 33.7 Å². The van der Waals surface area contributed by atoms with E-state index in [0.29, 0.717) is 12.3 Å². The standard InChI is InChI=1S/C17H22ClN5O2S.HI/c1-20-17(21-10-12-2-4-14(25-12)16(19)24)23-8-6-22(7-9-23)11-13-3-5-15(18)26-13;/h2-5H,6-11H2,1H3,(H2,19,24)(H,20,21);1H. The van der Waals surface area contributed by atoms with Gasteiger partial charge in [0.25, 0.3) is 5.91 Å². The van der Waals surface area contributed by atoms with Crippen molar-refractivity contribution in [2.75, 3.05) is 33.2 Å². The number of carbonyl (C=O) groups is 1. The van der Waals surface area contributed by atoms with Gasteiger partial charge in [0.1, 0.15) is 5.76 Å². The summed E-state index contributed by atoms with van der Waals surface area (Å²) in [5, 5.41) is 3.27. The molecular weight excluding hydrogens is 501 g/mol. The first kappa shape index (κ1) is 22.0. The van der Waals surface area contributed by atoms with Gasteiger partial charge in [-0.2, -0.15) is 0 Å². The van der Waals surface area contributed by atoms with Crippen molar-refractivity contribution in [1.82, 2.24) is 15.1 Å². The third-order valence-corrected chi connectivity index (χ3v) is 5.43. The number of guanidine groups is 1. The van der Waals surface area contributed by atoms with E-state index in [1.807, 2.05) is 6.07 Å². The Balaban J connectivity index is 0.00000261. The van der Waals surface area contributed by atoms with E-state index in [1.54, 1.807) is 30.5 Å². The number of nitrogens with zero attached hydrogens (tertiary/aromatic N) is 3. The summed E-state index contributed by atoms with van der Waals surface area (Å²) in [6, 6.07) is 7.35. The summed E-state index contributed by atoms with van der Waals surface area (Å²) in [7, 11) is 1.76. The molecule has 1 aliphatic heterocycles. The Morgan fingerprint density at radius 3 is 2.59 bits per heavy atom. The zero-order valence-corrected chi connectivity index (χ0v) is 18.9. The monoisotopic (exact) mass is 523 g/mol. The first-order valence-corrected chi connectivity index (χ1v) is 9.55. The lowest BCUT2D eigenvalue weighted by Crippen LogP contribution is -2.51. The second kappa shape index (κ2) is 10.3. The molecule has 3 N–H and O–H groups in total. The van der Waals surface area contributed by atoms with Crippen molar-refractivity contribution in [2.24, 2.45) is 10.7 Å². The maximum absolute atomic E-state index is 11.1. The predicted molar refractivity (Wildman–Crippen MR) is 119 cm³/mol. The summed E-state index contributed by atoms with van der Waals surface area (Å²) >= 11 is 7.63. The molecule has 0 aromatic carbocycles. The molecule has 148 valence electrons. The van der Waals surface area contributed by atoms with E-state index in [1.165, 1.54) is 4.88 Å². The van der Waals surface area contributed by atoms with Crippen LogP contribution >= 0.6 is 46.9 Å². The molecule has 0 unspecified atom stereocenters. The van der Waals surface area contributed by atoms with Crippen molar-refractivity contribution in [3.05, 3.63) is 45.0 Å². The molecule has 0 spiro atoms. The van der Waals surface area contributed by atoms with Crippen LogP contribution in [0.3, 0.4) is 0 Å². The predicted octanol–water partition coefficient (Wildman–Crippen LogP) is 2.60. The Hall–Kier alpha value is -1.30. The fourth-order valence-corrected chi connectivity index (χ4v) is 4.01. The first-order valence-electron chi connectivity index (χ1n) is 8.36. The Bertz CT molecular complexity index is 786. The molecule has 0 radical (unpaired) electrons. The van der Waals surface area contributed by atoms with Gasteiger partial charge >= 0.3 is 0 Å². The van der Waals surface area contributed by atoms with Gasteiger partial charge in [-0.15, -0.1) is 35.3 Å². The molecule has 2 aromatic heterocycles. The minimum absolute atomic E-state index is 0. The highest BCUT2D eigenvalue weighted by Crippen LogP contribution is 2.23. The summed E-state index contributed by atoms with van der Waals surface area (Å²) in [4.78, 5) is 21.3. The Kier molecular flexibility index (Phi) is 8.39. The van der Waals surface area contributed by atoms with Gasteiger partial charge in [-0.3, -0.25) is 14.7 Å². The van der Waals surface area contributed by atoms with Crippen molar-refractivity contribution in [3.8, 4) is 0 Å². The number of piperazine rings is 1. The number of furan rings is 1. The van der Waals surface area contributed by atoms with E-state index < -0.39 is 5.91 Å². The zero-order valence-electron chi connectivity index (χ0n) is 15.0. The molecule has 0 saturated carbocycles. The van der Waals surface area contributed by atoms with Crippen LogP contribution < -0.4 is 11.1 Å². The molecule has 3 heterocycles. The molecule has 2 aromatic rings. The van der Waals surface area contributed by atoms with Crippen LogP contribution in [0.4, 0.5) is 0 Å². The normalized spacial score (nSPS) is 15.5. The van der Waals surface area contributed by atoms with Crippen molar-refractivity contribution < 1.29 is 9.21 Å². The summed E-state index contributed by atoms with van der Waals surface area (Å²) in [5.41, 5.74) is 5.20. The largest absolute Gasteiger partial charge is 0.454 e. The van der Waals surface area contributed by atoms with Gasteiger partial charge in [0.05, 0.1) is 10.9 Å². The average molecular weight is 524 g/mol. The average Bonchev–Trinajstić information content (AvgIpc) is 3.26. The van der Waals surface area contributed by atoms with Crippen molar-refractivity contribution in [2.45, 2.75) is 13.1 Å². The summed E-state index contributed by atoms with van der Waals surface area (Å²) in [6.07, 6.45) is 0. The van der Waals surface area contributed by atoms with Gasteiger partial charge in [0.2, 0.25) is 0 Å². The van der Waals surface area contributed by atoms with Crippen LogP contribution in [-0.4, -0.2) is 54.9 Å². The smallest absolute Gasteiger partial charge is 0.284 e.